The number of fused-ring (bicyclic) bond motifs is 1. The Kier molecular flexibility index (Phi) is 5.64. The summed E-state index contributed by atoms with van der Waals surface area (Å²) >= 11 is 6.19. The average Bonchev–Trinajstić information content (AvgIpc) is 2.74. The van der Waals surface area contributed by atoms with Gasteiger partial charge < -0.3 is 9.80 Å². The van der Waals surface area contributed by atoms with Gasteiger partial charge in [0.1, 0.15) is 0 Å². The molecule has 1 saturated heterocycles. The van der Waals surface area contributed by atoms with E-state index < -0.39 is 15.7 Å². The van der Waals surface area contributed by atoms with Gasteiger partial charge in [0.25, 0.3) is 5.91 Å². The minimum absolute atomic E-state index is 0.0997. The molecule has 158 valence electrons. The summed E-state index contributed by atoms with van der Waals surface area (Å²) in [4.78, 5) is 16.5. The Morgan fingerprint density at radius 1 is 1.00 bits per heavy atom. The van der Waals surface area contributed by atoms with Crippen LogP contribution in [0.1, 0.15) is 44.6 Å². The Morgan fingerprint density at radius 3 is 2.30 bits per heavy atom. The number of amides is 1. The fourth-order valence-electron chi connectivity index (χ4n) is 3.94. The SMILES string of the molecule is CC(C)c1ccc(N2C=C(C(=O)N3CCCCC3)S(=O)(=O)c3ccc(Cl)cc32)cc1. The molecule has 7 heteroatoms. The first-order valence-corrected chi connectivity index (χ1v) is 12.1. The fraction of sp³-hybridized carbons (Fsp3) is 0.348. The standard InChI is InChI=1S/C23H25ClN2O3S/c1-16(2)17-6-9-19(10-7-17)26-15-22(23(27)25-12-4-3-5-13-25)30(28,29)21-11-8-18(24)14-20(21)26/h6-11,14-16H,3-5,12-13H2,1-2H3. The first kappa shape index (κ1) is 20.9. The number of sulfone groups is 1. The average molecular weight is 445 g/mol. The maximum absolute atomic E-state index is 13.3. The Hall–Kier alpha value is -2.31. The van der Waals surface area contributed by atoms with E-state index in [0.29, 0.717) is 29.7 Å². The topological polar surface area (TPSA) is 57.7 Å². The van der Waals surface area contributed by atoms with Gasteiger partial charge in [-0.05, 0) is 61.1 Å². The zero-order chi connectivity index (χ0) is 21.5. The van der Waals surface area contributed by atoms with Crippen molar-refractivity contribution in [1.82, 2.24) is 4.90 Å². The van der Waals surface area contributed by atoms with Crippen molar-refractivity contribution in [3.05, 3.63) is 64.2 Å². The third-order valence-electron chi connectivity index (χ3n) is 5.70. The molecule has 1 amide bonds. The lowest BCUT2D eigenvalue weighted by Gasteiger charge is -2.32. The third kappa shape index (κ3) is 3.74. The Balaban J connectivity index is 1.84. The highest BCUT2D eigenvalue weighted by molar-refractivity contribution is 7.96. The second-order valence-electron chi connectivity index (χ2n) is 8.08. The van der Waals surface area contributed by atoms with Crippen molar-refractivity contribution in [1.29, 1.82) is 0 Å². The molecule has 0 radical (unpaired) electrons. The maximum atomic E-state index is 13.3. The van der Waals surface area contributed by atoms with Crippen LogP contribution < -0.4 is 4.90 Å². The highest BCUT2D eigenvalue weighted by atomic mass is 35.5. The van der Waals surface area contributed by atoms with Gasteiger partial charge in [-0.3, -0.25) is 4.79 Å². The summed E-state index contributed by atoms with van der Waals surface area (Å²) < 4.78 is 26.7. The van der Waals surface area contributed by atoms with Gasteiger partial charge in [-0.15, -0.1) is 0 Å². The summed E-state index contributed by atoms with van der Waals surface area (Å²) in [6.45, 7) is 5.41. The van der Waals surface area contributed by atoms with E-state index in [2.05, 4.69) is 13.8 Å². The molecular formula is C23H25ClN2O3S. The van der Waals surface area contributed by atoms with Crippen LogP contribution in [0.2, 0.25) is 5.02 Å². The summed E-state index contributed by atoms with van der Waals surface area (Å²) in [5.41, 5.74) is 2.42. The molecule has 0 aromatic heterocycles. The summed E-state index contributed by atoms with van der Waals surface area (Å²) in [5, 5.41) is 0.437. The van der Waals surface area contributed by atoms with Crippen molar-refractivity contribution in [2.24, 2.45) is 0 Å². The zero-order valence-corrected chi connectivity index (χ0v) is 18.7. The number of nitrogens with zero attached hydrogens (tertiary/aromatic N) is 2. The van der Waals surface area contributed by atoms with Gasteiger partial charge in [0, 0.05) is 30.0 Å². The molecule has 4 rings (SSSR count). The number of carbonyl (C=O) groups excluding carboxylic acids is 1. The van der Waals surface area contributed by atoms with Gasteiger partial charge in [0.2, 0.25) is 9.84 Å². The number of carbonyl (C=O) groups is 1. The van der Waals surface area contributed by atoms with Gasteiger partial charge in [-0.2, -0.15) is 0 Å². The van der Waals surface area contributed by atoms with E-state index in [1.165, 1.54) is 17.8 Å². The van der Waals surface area contributed by atoms with Gasteiger partial charge >= 0.3 is 0 Å². The second-order valence-corrected chi connectivity index (χ2v) is 10.4. The molecule has 2 heterocycles. The molecule has 0 N–H and O–H groups in total. The summed E-state index contributed by atoms with van der Waals surface area (Å²) in [7, 11) is -3.94. The minimum Gasteiger partial charge on any atom is -0.338 e. The molecular weight excluding hydrogens is 420 g/mol. The van der Waals surface area contributed by atoms with E-state index in [4.69, 9.17) is 11.6 Å². The second kappa shape index (κ2) is 8.08. The Bertz CT molecular complexity index is 1100. The predicted octanol–water partition coefficient (Wildman–Crippen LogP) is 5.24. The van der Waals surface area contributed by atoms with Crippen molar-refractivity contribution in [3.63, 3.8) is 0 Å². The first-order valence-electron chi connectivity index (χ1n) is 10.2. The lowest BCUT2D eigenvalue weighted by atomic mass is 10.0. The highest BCUT2D eigenvalue weighted by Crippen LogP contribution is 2.41. The molecule has 2 aromatic rings. The summed E-state index contributed by atoms with van der Waals surface area (Å²) in [6.07, 6.45) is 4.30. The molecule has 0 bridgehead atoms. The van der Waals surface area contributed by atoms with Crippen molar-refractivity contribution in [2.75, 3.05) is 18.0 Å². The van der Waals surface area contributed by atoms with Gasteiger partial charge in [-0.1, -0.05) is 37.6 Å². The lowest BCUT2D eigenvalue weighted by Crippen LogP contribution is -2.39. The molecule has 2 aliphatic heterocycles. The number of hydrogen-bond donors (Lipinski definition) is 0. The zero-order valence-electron chi connectivity index (χ0n) is 17.1. The molecule has 30 heavy (non-hydrogen) atoms. The quantitative estimate of drug-likeness (QED) is 0.649. The molecule has 0 aliphatic carbocycles. The van der Waals surface area contributed by atoms with Crippen LogP contribution in [0.3, 0.4) is 0 Å². The molecule has 1 fully saturated rings. The Labute approximate surface area is 182 Å². The van der Waals surface area contributed by atoms with Crippen molar-refractivity contribution in [2.45, 2.75) is 43.9 Å². The molecule has 5 nitrogen and oxygen atoms in total. The van der Waals surface area contributed by atoms with Gasteiger partial charge in [0.15, 0.2) is 4.91 Å². The molecule has 0 unspecified atom stereocenters. The molecule has 0 spiro atoms. The number of rotatable bonds is 3. The van der Waals surface area contributed by atoms with E-state index in [9.17, 15) is 13.2 Å². The number of hydrogen-bond acceptors (Lipinski definition) is 4. The molecule has 0 saturated carbocycles. The number of halogens is 1. The van der Waals surface area contributed by atoms with E-state index in [0.717, 1.165) is 24.9 Å². The van der Waals surface area contributed by atoms with Crippen molar-refractivity contribution >= 4 is 38.7 Å². The normalized spacial score (nSPS) is 18.2. The van der Waals surface area contributed by atoms with Crippen LogP contribution in [0.5, 0.6) is 0 Å². The summed E-state index contributed by atoms with van der Waals surface area (Å²) in [6, 6.07) is 12.6. The molecule has 2 aromatic carbocycles. The first-order chi connectivity index (χ1) is 14.3. The van der Waals surface area contributed by atoms with Crippen LogP contribution in [0.4, 0.5) is 11.4 Å². The largest absolute Gasteiger partial charge is 0.338 e. The molecule has 2 aliphatic rings. The van der Waals surface area contributed by atoms with Gasteiger partial charge in [0.05, 0.1) is 10.6 Å². The minimum atomic E-state index is -3.94. The maximum Gasteiger partial charge on any atom is 0.267 e. The predicted molar refractivity (Wildman–Crippen MR) is 120 cm³/mol. The van der Waals surface area contributed by atoms with Crippen molar-refractivity contribution in [3.8, 4) is 0 Å². The number of likely N-dealkylation sites (tertiary alicyclic amines) is 1. The van der Waals surface area contributed by atoms with E-state index in [-0.39, 0.29) is 9.80 Å². The highest BCUT2D eigenvalue weighted by Gasteiger charge is 2.38. The van der Waals surface area contributed by atoms with Gasteiger partial charge in [-0.25, -0.2) is 8.42 Å². The summed E-state index contributed by atoms with van der Waals surface area (Å²) in [5.74, 6) is -0.0478. The van der Waals surface area contributed by atoms with Crippen LogP contribution in [-0.2, 0) is 14.6 Å². The number of piperidine rings is 1. The lowest BCUT2D eigenvalue weighted by molar-refractivity contribution is -0.127. The fourth-order valence-corrected chi connectivity index (χ4v) is 5.62. The van der Waals surface area contributed by atoms with Crippen LogP contribution in [0, 0.1) is 0 Å². The van der Waals surface area contributed by atoms with Crippen LogP contribution >= 0.6 is 11.6 Å². The van der Waals surface area contributed by atoms with E-state index in [1.807, 2.05) is 24.3 Å². The number of anilines is 2. The smallest absolute Gasteiger partial charge is 0.267 e. The third-order valence-corrected chi connectivity index (χ3v) is 7.72. The molecule has 0 atom stereocenters. The van der Waals surface area contributed by atoms with E-state index >= 15 is 0 Å². The van der Waals surface area contributed by atoms with Crippen LogP contribution in [0.25, 0.3) is 0 Å². The Morgan fingerprint density at radius 2 is 1.67 bits per heavy atom. The number of benzene rings is 2. The van der Waals surface area contributed by atoms with Crippen molar-refractivity contribution < 1.29 is 13.2 Å². The van der Waals surface area contributed by atoms with E-state index in [1.54, 1.807) is 21.9 Å². The van der Waals surface area contributed by atoms with Crippen LogP contribution in [-0.4, -0.2) is 32.3 Å². The van der Waals surface area contributed by atoms with Crippen LogP contribution in [0.15, 0.2) is 58.5 Å². The monoisotopic (exact) mass is 444 g/mol.